The van der Waals surface area contributed by atoms with E-state index in [9.17, 15) is 18.0 Å². The molecule has 0 saturated heterocycles. The third-order valence-corrected chi connectivity index (χ3v) is 4.54. The topological polar surface area (TPSA) is 90.0 Å². The number of hydrogen-bond acceptors (Lipinski definition) is 6. The van der Waals surface area contributed by atoms with Crippen molar-refractivity contribution >= 4 is 32.7 Å². The highest BCUT2D eigenvalue weighted by molar-refractivity contribution is 7.85. The van der Waals surface area contributed by atoms with Crippen LogP contribution < -0.4 is 0 Å². The van der Waals surface area contributed by atoms with Crippen LogP contribution in [0.25, 0.3) is 10.8 Å². The van der Waals surface area contributed by atoms with Crippen molar-refractivity contribution in [2.75, 3.05) is 19.5 Å². The molecule has 2 aromatic carbocycles. The molecule has 0 bridgehead atoms. The molecule has 0 unspecified atom stereocenters. The van der Waals surface area contributed by atoms with E-state index in [0.29, 0.717) is 22.9 Å². The number of amides is 2. The molecule has 1 heterocycles. The Hall–Kier alpha value is -2.73. The minimum Gasteiger partial charge on any atom is -0.369 e. The van der Waals surface area contributed by atoms with Gasteiger partial charge in [0.25, 0.3) is 21.9 Å². The second-order valence-corrected chi connectivity index (χ2v) is 7.84. The average molecular weight is 401 g/mol. The standard InChI is InChI=1S/C20H19NO6S/c1-3-4-12-26-13-6-7-14-10-11-17-18-15(14)8-5-9-16(18)19(22)21(20(17)23)27-28(2,24)25/h5,8-11H,3-4,12-13H2,1-2H3. The van der Waals surface area contributed by atoms with Crippen LogP contribution in [-0.4, -0.2) is 44.8 Å². The molecule has 1 aliphatic heterocycles. The number of hydroxylamine groups is 2. The van der Waals surface area contributed by atoms with Gasteiger partial charge in [-0.1, -0.05) is 37.3 Å². The monoisotopic (exact) mass is 401 g/mol. The summed E-state index contributed by atoms with van der Waals surface area (Å²) < 4.78 is 32.8. The fraction of sp³-hybridized carbons (Fsp3) is 0.300. The van der Waals surface area contributed by atoms with Gasteiger partial charge in [-0.2, -0.15) is 8.42 Å². The molecule has 8 heteroatoms. The van der Waals surface area contributed by atoms with E-state index in [-0.39, 0.29) is 22.8 Å². The van der Waals surface area contributed by atoms with Crippen LogP contribution in [0, 0.1) is 11.8 Å². The predicted molar refractivity (Wildman–Crippen MR) is 103 cm³/mol. The zero-order valence-electron chi connectivity index (χ0n) is 15.5. The molecule has 0 spiro atoms. The Balaban J connectivity index is 1.99. The zero-order valence-corrected chi connectivity index (χ0v) is 16.3. The number of ether oxygens (including phenoxy) is 1. The summed E-state index contributed by atoms with van der Waals surface area (Å²) in [6.07, 6.45) is 2.79. The van der Waals surface area contributed by atoms with Crippen LogP contribution in [0.5, 0.6) is 0 Å². The van der Waals surface area contributed by atoms with E-state index in [1.54, 1.807) is 18.2 Å². The van der Waals surface area contributed by atoms with E-state index in [0.717, 1.165) is 19.1 Å². The Morgan fingerprint density at radius 2 is 1.79 bits per heavy atom. The van der Waals surface area contributed by atoms with E-state index in [1.165, 1.54) is 12.1 Å². The molecule has 0 saturated carbocycles. The smallest absolute Gasteiger partial charge is 0.286 e. The normalized spacial score (nSPS) is 13.6. The van der Waals surface area contributed by atoms with E-state index >= 15 is 0 Å². The van der Waals surface area contributed by atoms with Gasteiger partial charge in [0.05, 0.1) is 17.4 Å². The molecule has 146 valence electrons. The first-order valence-corrected chi connectivity index (χ1v) is 10.6. The highest BCUT2D eigenvalue weighted by Gasteiger charge is 2.36. The van der Waals surface area contributed by atoms with Crippen LogP contribution >= 0.6 is 0 Å². The number of carbonyl (C=O) groups is 2. The Labute approximate surface area is 163 Å². The van der Waals surface area contributed by atoms with Gasteiger partial charge in [0.1, 0.15) is 6.61 Å². The predicted octanol–water partition coefficient (Wildman–Crippen LogP) is 2.50. The maximum Gasteiger partial charge on any atom is 0.286 e. The van der Waals surface area contributed by atoms with Gasteiger partial charge in [-0.3, -0.25) is 9.59 Å². The lowest BCUT2D eigenvalue weighted by molar-refractivity contribution is -0.0149. The van der Waals surface area contributed by atoms with Gasteiger partial charge in [-0.15, -0.1) is 9.35 Å². The second-order valence-electron chi connectivity index (χ2n) is 6.28. The van der Waals surface area contributed by atoms with Crippen LogP contribution in [-0.2, 0) is 19.1 Å². The molecule has 7 nitrogen and oxygen atoms in total. The molecule has 0 N–H and O–H groups in total. The van der Waals surface area contributed by atoms with Crippen molar-refractivity contribution in [2.45, 2.75) is 19.8 Å². The lowest BCUT2D eigenvalue weighted by Gasteiger charge is -2.25. The first kappa shape index (κ1) is 20.0. The van der Waals surface area contributed by atoms with E-state index < -0.39 is 21.9 Å². The summed E-state index contributed by atoms with van der Waals surface area (Å²) in [4.78, 5) is 25.2. The first-order valence-electron chi connectivity index (χ1n) is 8.74. The number of rotatable bonds is 6. The van der Waals surface area contributed by atoms with Crippen molar-refractivity contribution in [1.82, 2.24) is 5.06 Å². The molecular weight excluding hydrogens is 382 g/mol. The fourth-order valence-electron chi connectivity index (χ4n) is 2.89. The highest BCUT2D eigenvalue weighted by atomic mass is 32.2. The Morgan fingerprint density at radius 3 is 2.46 bits per heavy atom. The number of hydrogen-bond donors (Lipinski definition) is 0. The molecule has 2 aromatic rings. The van der Waals surface area contributed by atoms with Crippen LogP contribution in [0.4, 0.5) is 0 Å². The summed E-state index contributed by atoms with van der Waals surface area (Å²) in [6, 6.07) is 8.10. The molecule has 3 rings (SSSR count). The van der Waals surface area contributed by atoms with Gasteiger partial charge in [0, 0.05) is 17.6 Å². The Bertz CT molecular complexity index is 1090. The lowest BCUT2D eigenvalue weighted by Crippen LogP contribution is -2.41. The van der Waals surface area contributed by atoms with Crippen molar-refractivity contribution < 1.29 is 27.0 Å². The number of nitrogens with zero attached hydrogens (tertiary/aromatic N) is 1. The summed E-state index contributed by atoms with van der Waals surface area (Å²) in [5.74, 6) is 4.28. The maximum absolute atomic E-state index is 12.6. The molecule has 2 amide bonds. The molecular formula is C20H19NO6S. The highest BCUT2D eigenvalue weighted by Crippen LogP contribution is 2.32. The van der Waals surface area contributed by atoms with E-state index in [2.05, 4.69) is 23.0 Å². The zero-order chi connectivity index (χ0) is 20.3. The van der Waals surface area contributed by atoms with Crippen LogP contribution in [0.1, 0.15) is 46.0 Å². The maximum atomic E-state index is 12.6. The SMILES string of the molecule is CCCCOCC#Cc1ccc2c3c(cccc13)C(=O)N(OS(C)(=O)=O)C2=O. The molecule has 0 aliphatic carbocycles. The molecule has 1 aliphatic rings. The van der Waals surface area contributed by atoms with Crippen LogP contribution in [0.3, 0.4) is 0 Å². The number of carbonyl (C=O) groups excluding carboxylic acids is 2. The number of unbranched alkanes of at least 4 members (excludes halogenated alkanes) is 1. The second kappa shape index (κ2) is 8.10. The minimum atomic E-state index is -4.04. The van der Waals surface area contributed by atoms with Gasteiger partial charge in [-0.25, -0.2) is 0 Å². The number of benzene rings is 2. The molecule has 0 fully saturated rings. The third kappa shape index (κ3) is 4.07. The van der Waals surface area contributed by atoms with Crippen LogP contribution in [0.2, 0.25) is 0 Å². The van der Waals surface area contributed by atoms with Crippen molar-refractivity contribution in [3.05, 3.63) is 47.0 Å². The summed E-state index contributed by atoms with van der Waals surface area (Å²) in [7, 11) is -4.04. The fourth-order valence-corrected chi connectivity index (χ4v) is 3.29. The van der Waals surface area contributed by atoms with E-state index in [1.807, 2.05) is 0 Å². The summed E-state index contributed by atoms with van der Waals surface area (Å²) >= 11 is 0. The summed E-state index contributed by atoms with van der Waals surface area (Å²) in [5, 5.41) is 1.35. The van der Waals surface area contributed by atoms with Crippen molar-refractivity contribution in [3.8, 4) is 11.8 Å². The van der Waals surface area contributed by atoms with Gasteiger partial charge in [0.15, 0.2) is 0 Å². The molecule has 0 aromatic heterocycles. The molecule has 28 heavy (non-hydrogen) atoms. The lowest BCUT2D eigenvalue weighted by atomic mass is 9.92. The number of imide groups is 1. The van der Waals surface area contributed by atoms with Gasteiger partial charge >= 0.3 is 0 Å². The van der Waals surface area contributed by atoms with Gasteiger partial charge in [0.2, 0.25) is 0 Å². The Kier molecular flexibility index (Phi) is 5.79. The van der Waals surface area contributed by atoms with Crippen molar-refractivity contribution in [3.63, 3.8) is 0 Å². The third-order valence-electron chi connectivity index (χ3n) is 4.12. The van der Waals surface area contributed by atoms with Gasteiger partial charge in [-0.05, 0) is 30.0 Å². The first-order chi connectivity index (χ1) is 13.3. The van der Waals surface area contributed by atoms with Crippen molar-refractivity contribution in [2.24, 2.45) is 0 Å². The molecule has 0 atom stereocenters. The molecule has 0 radical (unpaired) electrons. The minimum absolute atomic E-state index is 0.179. The van der Waals surface area contributed by atoms with Crippen LogP contribution in [0.15, 0.2) is 30.3 Å². The summed E-state index contributed by atoms with van der Waals surface area (Å²) in [6.45, 7) is 3.01. The largest absolute Gasteiger partial charge is 0.369 e. The van der Waals surface area contributed by atoms with Crippen molar-refractivity contribution in [1.29, 1.82) is 0 Å². The quantitative estimate of drug-likeness (QED) is 0.420. The van der Waals surface area contributed by atoms with Gasteiger partial charge < -0.3 is 4.74 Å². The average Bonchev–Trinajstić information content (AvgIpc) is 2.65. The Morgan fingerprint density at radius 1 is 1.07 bits per heavy atom. The summed E-state index contributed by atoms with van der Waals surface area (Å²) in [5.41, 5.74) is 1.01. The van der Waals surface area contributed by atoms with E-state index in [4.69, 9.17) is 4.74 Å².